The number of benzene rings is 1. The average molecular weight is 576 g/mol. The second kappa shape index (κ2) is 11.4. The van der Waals surface area contributed by atoms with Gasteiger partial charge in [-0.05, 0) is 81.4 Å². The van der Waals surface area contributed by atoms with Crippen molar-refractivity contribution in [3.05, 3.63) is 57.4 Å². The minimum absolute atomic E-state index is 0.0594. The average Bonchev–Trinajstić information content (AvgIpc) is 3.58. The van der Waals surface area contributed by atoms with Gasteiger partial charge in [-0.1, -0.05) is 6.07 Å². The predicted octanol–water partition coefficient (Wildman–Crippen LogP) is 2.64. The highest BCUT2D eigenvalue weighted by Gasteiger charge is 2.34. The number of aryl methyl sites for hydroxylation is 1. The summed E-state index contributed by atoms with van der Waals surface area (Å²) in [5.74, 6) is 0.635. The molecule has 1 aliphatic carbocycles. The zero-order valence-electron chi connectivity index (χ0n) is 23.6. The van der Waals surface area contributed by atoms with Crippen LogP contribution >= 0.6 is 0 Å². The Bertz CT molecular complexity index is 1630. The third-order valence-electron chi connectivity index (χ3n) is 7.97. The maximum absolute atomic E-state index is 13.2. The third kappa shape index (κ3) is 5.18. The van der Waals surface area contributed by atoms with E-state index < -0.39 is 12.1 Å². The van der Waals surface area contributed by atoms with E-state index in [0.29, 0.717) is 54.7 Å². The van der Waals surface area contributed by atoms with Crippen LogP contribution in [0, 0.1) is 5.92 Å². The van der Waals surface area contributed by atoms with Gasteiger partial charge in [0.05, 0.1) is 18.7 Å². The number of cyclic esters (lactones) is 1. The number of anilines is 2. The Morgan fingerprint density at radius 2 is 2.02 bits per heavy atom. The highest BCUT2D eigenvalue weighted by atomic mass is 16.6. The molecule has 0 radical (unpaired) electrons. The van der Waals surface area contributed by atoms with Crippen LogP contribution in [0.5, 0.6) is 5.75 Å². The molecule has 2 aliphatic heterocycles. The van der Waals surface area contributed by atoms with E-state index in [9.17, 15) is 19.2 Å². The number of hydrogen-bond donors (Lipinski definition) is 2. The lowest BCUT2D eigenvalue weighted by Crippen LogP contribution is -2.30. The van der Waals surface area contributed by atoms with Crippen molar-refractivity contribution >= 4 is 40.5 Å². The van der Waals surface area contributed by atoms with Crippen LogP contribution in [0.15, 0.2) is 35.3 Å². The van der Waals surface area contributed by atoms with Gasteiger partial charge in [0, 0.05) is 18.1 Å². The fourth-order valence-electron chi connectivity index (χ4n) is 5.98. The van der Waals surface area contributed by atoms with Gasteiger partial charge in [0.1, 0.15) is 17.5 Å². The van der Waals surface area contributed by atoms with Crippen molar-refractivity contribution in [3.63, 3.8) is 0 Å². The quantitative estimate of drug-likeness (QED) is 0.291. The fraction of sp³-hybridized carbons (Fsp3) is 0.433. The molecule has 12 nitrogen and oxygen atoms in total. The summed E-state index contributed by atoms with van der Waals surface area (Å²) in [4.78, 5) is 55.5. The molecule has 1 saturated heterocycles. The number of amides is 2. The smallest absolute Gasteiger partial charge is 0.415 e. The zero-order valence-corrected chi connectivity index (χ0v) is 23.6. The standard InChI is InChI=1S/C30H33N5O7/c1-3-34-15-22(29(38)40-4-2)27(37)20-6-5-18-11-17(12-21(18)26(20)34)13-31-10-9-19-14-35(30(39)42-19)24-8-7-23-28(32-24)33-25(36)16-41-23/h5-8,15,17,19,31H,3-4,9-14,16H2,1-2H3,(H,32,33,36). The van der Waals surface area contributed by atoms with Gasteiger partial charge >= 0.3 is 12.1 Å². The van der Waals surface area contributed by atoms with Gasteiger partial charge < -0.3 is 29.4 Å². The summed E-state index contributed by atoms with van der Waals surface area (Å²) in [6.07, 6.45) is 3.24. The van der Waals surface area contributed by atoms with Crippen molar-refractivity contribution < 1.29 is 28.6 Å². The first-order chi connectivity index (χ1) is 20.4. The van der Waals surface area contributed by atoms with E-state index in [0.717, 1.165) is 30.5 Å². The van der Waals surface area contributed by atoms with E-state index >= 15 is 0 Å². The Balaban J connectivity index is 1.05. The number of carbonyl (C=O) groups excluding carboxylic acids is 3. The van der Waals surface area contributed by atoms with Crippen molar-refractivity contribution in [2.24, 2.45) is 5.92 Å². The monoisotopic (exact) mass is 575 g/mol. The lowest BCUT2D eigenvalue weighted by atomic mass is 10.0. The molecule has 2 N–H and O–H groups in total. The Kier molecular flexibility index (Phi) is 7.55. The maximum atomic E-state index is 13.2. The molecule has 1 aromatic carbocycles. The number of carbonyl (C=O) groups is 3. The molecule has 4 heterocycles. The second-order valence-corrected chi connectivity index (χ2v) is 10.7. The molecule has 2 unspecified atom stereocenters. The minimum atomic E-state index is -0.590. The summed E-state index contributed by atoms with van der Waals surface area (Å²) in [7, 11) is 0. The van der Waals surface area contributed by atoms with E-state index in [-0.39, 0.29) is 36.2 Å². The van der Waals surface area contributed by atoms with Crippen LogP contribution in [0.3, 0.4) is 0 Å². The molecule has 42 heavy (non-hydrogen) atoms. The Labute approximate surface area is 241 Å². The molecule has 220 valence electrons. The number of esters is 1. The third-order valence-corrected chi connectivity index (χ3v) is 7.97. The molecule has 0 spiro atoms. The molecule has 6 rings (SSSR count). The number of rotatable bonds is 9. The van der Waals surface area contributed by atoms with Gasteiger partial charge in [-0.25, -0.2) is 14.6 Å². The highest BCUT2D eigenvalue weighted by Crippen LogP contribution is 2.33. The van der Waals surface area contributed by atoms with Crippen LogP contribution in [-0.2, 0) is 33.7 Å². The topological polar surface area (TPSA) is 141 Å². The van der Waals surface area contributed by atoms with E-state index in [2.05, 4.69) is 15.6 Å². The van der Waals surface area contributed by atoms with Gasteiger partial charge in [-0.3, -0.25) is 14.5 Å². The Morgan fingerprint density at radius 3 is 2.83 bits per heavy atom. The number of nitrogens with one attached hydrogen (secondary N) is 2. The van der Waals surface area contributed by atoms with E-state index in [1.807, 2.05) is 23.6 Å². The van der Waals surface area contributed by atoms with Gasteiger partial charge in [0.2, 0.25) is 5.43 Å². The summed E-state index contributed by atoms with van der Waals surface area (Å²) in [6, 6.07) is 7.20. The molecule has 3 aromatic rings. The molecule has 0 bridgehead atoms. The van der Waals surface area contributed by atoms with Crippen LogP contribution in [0.25, 0.3) is 10.9 Å². The van der Waals surface area contributed by atoms with Crippen molar-refractivity contribution in [2.45, 2.75) is 45.8 Å². The van der Waals surface area contributed by atoms with Crippen molar-refractivity contribution in [1.29, 1.82) is 0 Å². The van der Waals surface area contributed by atoms with Gasteiger partial charge in [-0.2, -0.15) is 0 Å². The lowest BCUT2D eigenvalue weighted by molar-refractivity contribution is -0.118. The van der Waals surface area contributed by atoms with Crippen LogP contribution < -0.4 is 25.7 Å². The molecular weight excluding hydrogens is 542 g/mol. The minimum Gasteiger partial charge on any atom is -0.480 e. The second-order valence-electron chi connectivity index (χ2n) is 10.7. The fourth-order valence-corrected chi connectivity index (χ4v) is 5.98. The number of fused-ring (bicyclic) bond motifs is 4. The first-order valence-electron chi connectivity index (χ1n) is 14.3. The normalized spacial score (nSPS) is 19.2. The lowest BCUT2D eigenvalue weighted by Gasteiger charge is -2.19. The van der Waals surface area contributed by atoms with Crippen LogP contribution in [0.1, 0.15) is 41.8 Å². The van der Waals surface area contributed by atoms with Crippen molar-refractivity contribution in [1.82, 2.24) is 14.9 Å². The van der Waals surface area contributed by atoms with Crippen molar-refractivity contribution in [2.75, 3.05) is 43.1 Å². The summed E-state index contributed by atoms with van der Waals surface area (Å²) >= 11 is 0. The van der Waals surface area contributed by atoms with E-state index in [4.69, 9.17) is 14.2 Å². The molecule has 2 amide bonds. The molecule has 0 saturated carbocycles. The first-order valence-corrected chi connectivity index (χ1v) is 14.3. The Morgan fingerprint density at radius 1 is 1.17 bits per heavy atom. The van der Waals surface area contributed by atoms with Crippen LogP contribution in [0.4, 0.5) is 16.4 Å². The molecule has 12 heteroatoms. The maximum Gasteiger partial charge on any atom is 0.415 e. The summed E-state index contributed by atoms with van der Waals surface area (Å²) in [6.45, 7) is 6.32. The number of hydrogen-bond acceptors (Lipinski definition) is 9. The summed E-state index contributed by atoms with van der Waals surface area (Å²) < 4.78 is 18.0. The largest absolute Gasteiger partial charge is 0.480 e. The number of ether oxygens (including phenoxy) is 3. The molecule has 2 aromatic heterocycles. The molecule has 3 aliphatic rings. The SMILES string of the molecule is CCOC(=O)c1cn(CC)c2c3c(ccc2c1=O)CC(CNCCC1CN(c2ccc4c(n2)NC(=O)CO4)C(=O)O1)C3. The predicted molar refractivity (Wildman–Crippen MR) is 154 cm³/mol. The molecular formula is C30H33N5O7. The number of nitrogens with zero attached hydrogens (tertiary/aromatic N) is 3. The molecule has 1 fully saturated rings. The summed E-state index contributed by atoms with van der Waals surface area (Å²) in [5.41, 5.74) is 3.06. The van der Waals surface area contributed by atoms with Gasteiger partial charge in [-0.15, -0.1) is 0 Å². The zero-order chi connectivity index (χ0) is 29.4. The van der Waals surface area contributed by atoms with Crippen molar-refractivity contribution in [3.8, 4) is 5.75 Å². The Hall–Kier alpha value is -4.45. The van der Waals surface area contributed by atoms with Crippen LogP contribution in [-0.4, -0.2) is 66.5 Å². The van der Waals surface area contributed by atoms with Gasteiger partial charge in [0.25, 0.3) is 5.91 Å². The van der Waals surface area contributed by atoms with E-state index in [1.165, 1.54) is 10.5 Å². The van der Waals surface area contributed by atoms with Crippen LogP contribution in [0.2, 0.25) is 0 Å². The molecule has 2 atom stereocenters. The number of pyridine rings is 2. The van der Waals surface area contributed by atoms with Gasteiger partial charge in [0.15, 0.2) is 18.2 Å². The number of aromatic nitrogens is 2. The highest BCUT2D eigenvalue weighted by molar-refractivity contribution is 5.96. The first kappa shape index (κ1) is 27.7. The summed E-state index contributed by atoms with van der Waals surface area (Å²) in [5, 5.41) is 6.71. The van der Waals surface area contributed by atoms with E-state index in [1.54, 1.807) is 25.3 Å².